The lowest BCUT2D eigenvalue weighted by atomic mass is 9.97. The molecule has 6 nitrogen and oxygen atoms in total. The number of halogens is 3. The SMILES string of the molecule is Cc1ccc(NC(=O)C2CCCN(C(=O)OCC(F)(F)F)C2)nc1. The van der Waals surface area contributed by atoms with Crippen LogP contribution in [-0.4, -0.2) is 47.8 Å². The fourth-order valence-electron chi connectivity index (χ4n) is 2.36. The zero-order valence-electron chi connectivity index (χ0n) is 13.1. The molecule has 2 heterocycles. The average molecular weight is 345 g/mol. The number of pyridine rings is 1. The fourth-order valence-corrected chi connectivity index (χ4v) is 2.36. The lowest BCUT2D eigenvalue weighted by Crippen LogP contribution is -2.44. The van der Waals surface area contributed by atoms with E-state index in [-0.39, 0.29) is 19.0 Å². The van der Waals surface area contributed by atoms with Crippen LogP contribution in [-0.2, 0) is 9.53 Å². The summed E-state index contributed by atoms with van der Waals surface area (Å²) in [4.78, 5) is 29.1. The minimum atomic E-state index is -4.57. The fraction of sp³-hybridized carbons (Fsp3) is 0.533. The Morgan fingerprint density at radius 1 is 1.42 bits per heavy atom. The van der Waals surface area contributed by atoms with Crippen LogP contribution >= 0.6 is 0 Å². The van der Waals surface area contributed by atoms with Gasteiger partial charge in [-0.2, -0.15) is 13.2 Å². The number of amides is 2. The first-order chi connectivity index (χ1) is 11.2. The molecule has 0 spiro atoms. The van der Waals surface area contributed by atoms with Gasteiger partial charge < -0.3 is 15.0 Å². The van der Waals surface area contributed by atoms with E-state index in [2.05, 4.69) is 15.0 Å². The number of nitrogens with zero attached hydrogens (tertiary/aromatic N) is 2. The smallest absolute Gasteiger partial charge is 0.422 e. The van der Waals surface area contributed by atoms with Gasteiger partial charge in [-0.15, -0.1) is 0 Å². The van der Waals surface area contributed by atoms with Gasteiger partial charge in [0.15, 0.2) is 6.61 Å². The highest BCUT2D eigenvalue weighted by molar-refractivity contribution is 5.92. The van der Waals surface area contributed by atoms with Gasteiger partial charge in [-0.3, -0.25) is 4.79 Å². The molecule has 1 saturated heterocycles. The Morgan fingerprint density at radius 3 is 2.79 bits per heavy atom. The zero-order valence-corrected chi connectivity index (χ0v) is 13.1. The van der Waals surface area contributed by atoms with Crippen LogP contribution < -0.4 is 5.32 Å². The minimum absolute atomic E-state index is 0.0222. The molecule has 0 saturated carbocycles. The molecule has 0 bridgehead atoms. The van der Waals surface area contributed by atoms with Crippen LogP contribution in [0.3, 0.4) is 0 Å². The molecule has 0 radical (unpaired) electrons. The van der Waals surface area contributed by atoms with Crippen LogP contribution in [0.5, 0.6) is 0 Å². The summed E-state index contributed by atoms with van der Waals surface area (Å²) in [6.45, 7) is 0.522. The lowest BCUT2D eigenvalue weighted by molar-refractivity contribution is -0.162. The number of carbonyl (C=O) groups excluding carboxylic acids is 2. The van der Waals surface area contributed by atoms with E-state index in [1.54, 1.807) is 18.3 Å². The molecule has 9 heteroatoms. The Labute approximate surface area is 137 Å². The molecule has 2 amide bonds. The molecule has 1 atom stereocenters. The summed E-state index contributed by atoms with van der Waals surface area (Å²) in [7, 11) is 0. The number of hydrogen-bond acceptors (Lipinski definition) is 4. The number of ether oxygens (including phenoxy) is 1. The van der Waals surface area contributed by atoms with Crippen molar-refractivity contribution in [3.05, 3.63) is 23.9 Å². The summed E-state index contributed by atoms with van der Waals surface area (Å²) in [5, 5.41) is 2.65. The molecule has 0 aromatic carbocycles. The van der Waals surface area contributed by atoms with Gasteiger partial charge in [-0.05, 0) is 31.4 Å². The maximum atomic E-state index is 12.2. The Bertz CT molecular complexity index is 590. The summed E-state index contributed by atoms with van der Waals surface area (Å²) in [6.07, 6.45) is -2.96. The van der Waals surface area contributed by atoms with E-state index in [9.17, 15) is 22.8 Å². The standard InChI is InChI=1S/C15H18F3N3O3/c1-10-4-5-12(19-7-10)20-13(22)11-3-2-6-21(8-11)14(23)24-9-15(16,17)18/h4-5,7,11H,2-3,6,8-9H2,1H3,(H,19,20,22). The third-order valence-electron chi connectivity index (χ3n) is 3.57. The summed E-state index contributed by atoms with van der Waals surface area (Å²) >= 11 is 0. The Kier molecular flexibility index (Phi) is 5.63. The molecule has 24 heavy (non-hydrogen) atoms. The zero-order chi connectivity index (χ0) is 17.7. The molecule has 1 aliphatic heterocycles. The second-order valence-electron chi connectivity index (χ2n) is 5.66. The molecule has 1 aliphatic rings. The molecule has 1 unspecified atom stereocenters. The van der Waals surface area contributed by atoms with Gasteiger partial charge in [0.25, 0.3) is 0 Å². The van der Waals surface area contributed by atoms with Gasteiger partial charge >= 0.3 is 12.3 Å². The number of likely N-dealkylation sites (tertiary alicyclic amines) is 1. The van der Waals surface area contributed by atoms with E-state index in [0.717, 1.165) is 10.5 Å². The van der Waals surface area contributed by atoms with Crippen molar-refractivity contribution >= 4 is 17.8 Å². The van der Waals surface area contributed by atoms with Crippen LogP contribution in [0.25, 0.3) is 0 Å². The number of anilines is 1. The van der Waals surface area contributed by atoms with Crippen molar-refractivity contribution in [3.63, 3.8) is 0 Å². The van der Waals surface area contributed by atoms with Crippen molar-refractivity contribution in [1.82, 2.24) is 9.88 Å². The maximum absolute atomic E-state index is 12.2. The Hall–Kier alpha value is -2.32. The van der Waals surface area contributed by atoms with Gasteiger partial charge in [0, 0.05) is 19.3 Å². The number of hydrogen-bond donors (Lipinski definition) is 1. The first-order valence-corrected chi connectivity index (χ1v) is 7.46. The van der Waals surface area contributed by atoms with Crippen LogP contribution in [0.2, 0.25) is 0 Å². The summed E-state index contributed by atoms with van der Waals surface area (Å²) in [5.74, 6) is -0.442. The summed E-state index contributed by atoms with van der Waals surface area (Å²) in [5.41, 5.74) is 0.948. The molecular formula is C15H18F3N3O3. The van der Waals surface area contributed by atoms with E-state index in [1.165, 1.54) is 0 Å². The Balaban J connectivity index is 1.88. The van der Waals surface area contributed by atoms with Crippen molar-refractivity contribution < 1.29 is 27.5 Å². The molecular weight excluding hydrogens is 327 g/mol. The highest BCUT2D eigenvalue weighted by Gasteiger charge is 2.33. The number of alkyl halides is 3. The maximum Gasteiger partial charge on any atom is 0.422 e. The number of carbonyl (C=O) groups is 2. The van der Waals surface area contributed by atoms with Gasteiger partial charge in [0.2, 0.25) is 5.91 Å². The van der Waals surface area contributed by atoms with E-state index in [1.807, 2.05) is 6.92 Å². The van der Waals surface area contributed by atoms with E-state index < -0.39 is 24.8 Å². The predicted octanol–water partition coefficient (Wildman–Crippen LogP) is 2.74. The minimum Gasteiger partial charge on any atom is -0.440 e. The van der Waals surface area contributed by atoms with Crippen molar-refractivity contribution in [1.29, 1.82) is 0 Å². The number of nitrogens with one attached hydrogen (secondary N) is 1. The summed E-state index contributed by atoms with van der Waals surface area (Å²) in [6, 6.07) is 3.45. The van der Waals surface area contributed by atoms with E-state index in [4.69, 9.17) is 0 Å². The number of aromatic nitrogens is 1. The van der Waals surface area contributed by atoms with Gasteiger partial charge in [-0.1, -0.05) is 6.07 Å². The lowest BCUT2D eigenvalue weighted by Gasteiger charge is -2.31. The largest absolute Gasteiger partial charge is 0.440 e. The van der Waals surface area contributed by atoms with Crippen LogP contribution in [0.1, 0.15) is 18.4 Å². The van der Waals surface area contributed by atoms with Crippen LogP contribution in [0.4, 0.5) is 23.8 Å². The third-order valence-corrected chi connectivity index (χ3v) is 3.57. The van der Waals surface area contributed by atoms with Gasteiger partial charge in [0.05, 0.1) is 5.92 Å². The van der Waals surface area contributed by atoms with Gasteiger partial charge in [0.1, 0.15) is 5.82 Å². The second kappa shape index (κ2) is 7.50. The first-order valence-electron chi connectivity index (χ1n) is 7.46. The number of piperidine rings is 1. The second-order valence-corrected chi connectivity index (χ2v) is 5.66. The topological polar surface area (TPSA) is 71.5 Å². The monoisotopic (exact) mass is 345 g/mol. The average Bonchev–Trinajstić information content (AvgIpc) is 2.54. The first kappa shape index (κ1) is 18.0. The highest BCUT2D eigenvalue weighted by Crippen LogP contribution is 2.20. The molecule has 0 aliphatic carbocycles. The molecule has 1 aromatic heterocycles. The number of aryl methyl sites for hydroxylation is 1. The molecule has 132 valence electrons. The molecule has 1 N–H and O–H groups in total. The third kappa shape index (κ3) is 5.39. The molecule has 1 fully saturated rings. The van der Waals surface area contributed by atoms with Crippen LogP contribution in [0, 0.1) is 12.8 Å². The van der Waals surface area contributed by atoms with Crippen molar-refractivity contribution in [2.45, 2.75) is 25.9 Å². The normalized spacial score (nSPS) is 18.2. The van der Waals surface area contributed by atoms with Crippen molar-refractivity contribution in [3.8, 4) is 0 Å². The quantitative estimate of drug-likeness (QED) is 0.914. The number of rotatable bonds is 3. The van der Waals surface area contributed by atoms with Crippen LogP contribution in [0.15, 0.2) is 18.3 Å². The van der Waals surface area contributed by atoms with Gasteiger partial charge in [-0.25, -0.2) is 9.78 Å². The Morgan fingerprint density at radius 2 is 2.17 bits per heavy atom. The molecule has 2 rings (SSSR count). The van der Waals surface area contributed by atoms with E-state index in [0.29, 0.717) is 18.7 Å². The van der Waals surface area contributed by atoms with E-state index >= 15 is 0 Å². The predicted molar refractivity (Wildman–Crippen MR) is 79.3 cm³/mol. The summed E-state index contributed by atoms with van der Waals surface area (Å²) < 4.78 is 40.5. The molecule has 1 aromatic rings. The van der Waals surface area contributed by atoms with Crippen molar-refractivity contribution in [2.75, 3.05) is 25.0 Å². The highest BCUT2D eigenvalue weighted by atomic mass is 19.4. The van der Waals surface area contributed by atoms with Crippen molar-refractivity contribution in [2.24, 2.45) is 5.92 Å².